The Hall–Kier alpha value is -2.14. The van der Waals surface area contributed by atoms with Gasteiger partial charge in [-0.25, -0.2) is 5.84 Å². The standard InChI is InChI=1S/C14H19N5/c1-2-3-8-16-14(19-15)18-12-9-11-6-4-5-7-13(11)17-10-12/h4-7,9-10H,2-3,8,15H2,1H3,(H2,16,18,19). The van der Waals surface area contributed by atoms with Crippen LogP contribution in [0.4, 0.5) is 5.69 Å². The van der Waals surface area contributed by atoms with Crippen LogP contribution in [-0.4, -0.2) is 17.5 Å². The number of nitrogens with one attached hydrogen (secondary N) is 2. The fourth-order valence-corrected chi connectivity index (χ4v) is 1.75. The monoisotopic (exact) mass is 257 g/mol. The van der Waals surface area contributed by atoms with E-state index >= 15 is 0 Å². The van der Waals surface area contributed by atoms with Crippen LogP contribution < -0.4 is 16.6 Å². The summed E-state index contributed by atoms with van der Waals surface area (Å²) in [7, 11) is 0. The molecule has 0 saturated carbocycles. The number of pyridine rings is 1. The van der Waals surface area contributed by atoms with Gasteiger partial charge in [0.25, 0.3) is 0 Å². The highest BCUT2D eigenvalue weighted by atomic mass is 15.3. The number of rotatable bonds is 4. The van der Waals surface area contributed by atoms with Crippen LogP contribution >= 0.6 is 0 Å². The van der Waals surface area contributed by atoms with Gasteiger partial charge in [-0.1, -0.05) is 31.5 Å². The topological polar surface area (TPSA) is 75.3 Å². The van der Waals surface area contributed by atoms with Crippen molar-refractivity contribution in [2.75, 3.05) is 11.9 Å². The van der Waals surface area contributed by atoms with Crippen molar-refractivity contribution in [3.8, 4) is 0 Å². The molecule has 0 unspecified atom stereocenters. The van der Waals surface area contributed by atoms with E-state index in [9.17, 15) is 0 Å². The second-order valence-corrected chi connectivity index (χ2v) is 4.27. The molecular formula is C14H19N5. The molecule has 0 amide bonds. The molecule has 0 fully saturated rings. The van der Waals surface area contributed by atoms with Crippen LogP contribution in [0, 0.1) is 0 Å². The van der Waals surface area contributed by atoms with Crippen molar-refractivity contribution in [3.63, 3.8) is 0 Å². The first kappa shape index (κ1) is 13.3. The van der Waals surface area contributed by atoms with E-state index in [0.29, 0.717) is 5.96 Å². The molecule has 0 aliphatic carbocycles. The van der Waals surface area contributed by atoms with Crippen LogP contribution in [0.25, 0.3) is 10.9 Å². The maximum absolute atomic E-state index is 5.45. The summed E-state index contributed by atoms with van der Waals surface area (Å²) in [5, 5.41) is 4.21. The molecule has 5 nitrogen and oxygen atoms in total. The van der Waals surface area contributed by atoms with E-state index < -0.39 is 0 Å². The fourth-order valence-electron chi connectivity index (χ4n) is 1.75. The van der Waals surface area contributed by atoms with E-state index in [1.54, 1.807) is 6.20 Å². The lowest BCUT2D eigenvalue weighted by Gasteiger charge is -2.09. The first-order chi connectivity index (χ1) is 9.33. The molecule has 100 valence electrons. The minimum Gasteiger partial charge on any atom is -0.324 e. The largest absolute Gasteiger partial charge is 0.324 e. The van der Waals surface area contributed by atoms with Crippen molar-refractivity contribution in [1.82, 2.24) is 10.4 Å². The first-order valence-electron chi connectivity index (χ1n) is 6.46. The normalized spacial score (nSPS) is 11.6. The number of hydrazine groups is 1. The predicted molar refractivity (Wildman–Crippen MR) is 79.9 cm³/mol. The molecule has 0 aliphatic rings. The molecule has 0 aliphatic heterocycles. The first-order valence-corrected chi connectivity index (χ1v) is 6.46. The summed E-state index contributed by atoms with van der Waals surface area (Å²) in [4.78, 5) is 8.73. The van der Waals surface area contributed by atoms with Crippen molar-refractivity contribution in [3.05, 3.63) is 36.5 Å². The second kappa shape index (κ2) is 6.70. The number of nitrogens with zero attached hydrogens (tertiary/aromatic N) is 2. The van der Waals surface area contributed by atoms with E-state index in [1.807, 2.05) is 30.3 Å². The van der Waals surface area contributed by atoms with Crippen molar-refractivity contribution in [2.45, 2.75) is 19.8 Å². The summed E-state index contributed by atoms with van der Waals surface area (Å²) in [6, 6.07) is 10.00. The maximum Gasteiger partial charge on any atom is 0.210 e. The van der Waals surface area contributed by atoms with Gasteiger partial charge in [0, 0.05) is 11.9 Å². The zero-order chi connectivity index (χ0) is 13.5. The highest BCUT2D eigenvalue weighted by Crippen LogP contribution is 2.15. The van der Waals surface area contributed by atoms with Gasteiger partial charge in [0.2, 0.25) is 5.96 Å². The average Bonchev–Trinajstić information content (AvgIpc) is 2.46. The van der Waals surface area contributed by atoms with Crippen LogP contribution in [0.2, 0.25) is 0 Å². The Kier molecular flexibility index (Phi) is 4.69. The SMILES string of the molecule is CCCCN=C(NN)Nc1cnc2ccccc2c1. The Morgan fingerprint density at radius 3 is 3.00 bits per heavy atom. The van der Waals surface area contributed by atoms with Crippen LogP contribution in [0.5, 0.6) is 0 Å². The lowest BCUT2D eigenvalue weighted by atomic mass is 10.2. The Labute approximate surface area is 112 Å². The number of unbranched alkanes of at least 4 members (excludes halogenated alkanes) is 1. The van der Waals surface area contributed by atoms with Gasteiger partial charge in [0.1, 0.15) is 0 Å². The summed E-state index contributed by atoms with van der Waals surface area (Å²) in [6.07, 6.45) is 3.93. The molecule has 0 atom stereocenters. The number of hydrogen-bond acceptors (Lipinski definition) is 3. The minimum absolute atomic E-state index is 0.561. The van der Waals surface area contributed by atoms with E-state index in [1.165, 1.54) is 0 Å². The molecule has 0 spiro atoms. The van der Waals surface area contributed by atoms with Gasteiger partial charge in [0.15, 0.2) is 0 Å². The molecule has 1 aromatic heterocycles. The molecule has 2 rings (SSSR count). The van der Waals surface area contributed by atoms with Gasteiger partial charge in [0.05, 0.1) is 17.4 Å². The number of benzene rings is 1. The van der Waals surface area contributed by atoms with Crippen molar-refractivity contribution >= 4 is 22.5 Å². The van der Waals surface area contributed by atoms with Gasteiger partial charge in [-0.3, -0.25) is 15.4 Å². The summed E-state index contributed by atoms with van der Waals surface area (Å²) < 4.78 is 0. The molecule has 1 aromatic carbocycles. The molecule has 5 heteroatoms. The van der Waals surface area contributed by atoms with Crippen LogP contribution in [0.1, 0.15) is 19.8 Å². The minimum atomic E-state index is 0.561. The number of aromatic nitrogens is 1. The number of guanidine groups is 1. The molecule has 2 aromatic rings. The molecule has 0 saturated heterocycles. The number of para-hydroxylation sites is 1. The highest BCUT2D eigenvalue weighted by molar-refractivity contribution is 5.95. The quantitative estimate of drug-likeness (QED) is 0.258. The van der Waals surface area contributed by atoms with E-state index in [4.69, 9.17) is 5.84 Å². The van der Waals surface area contributed by atoms with Crippen molar-refractivity contribution in [2.24, 2.45) is 10.8 Å². The van der Waals surface area contributed by atoms with Crippen molar-refractivity contribution in [1.29, 1.82) is 0 Å². The lowest BCUT2D eigenvalue weighted by Crippen LogP contribution is -2.36. The lowest BCUT2D eigenvalue weighted by molar-refractivity contribution is 0.801. The fraction of sp³-hybridized carbons (Fsp3) is 0.286. The Morgan fingerprint density at radius 1 is 1.37 bits per heavy atom. The zero-order valence-corrected chi connectivity index (χ0v) is 11.1. The second-order valence-electron chi connectivity index (χ2n) is 4.27. The summed E-state index contributed by atoms with van der Waals surface area (Å²) in [5.74, 6) is 6.01. The molecule has 0 radical (unpaired) electrons. The molecule has 19 heavy (non-hydrogen) atoms. The number of hydrogen-bond donors (Lipinski definition) is 3. The van der Waals surface area contributed by atoms with Crippen molar-refractivity contribution < 1.29 is 0 Å². The van der Waals surface area contributed by atoms with E-state index in [2.05, 4.69) is 27.6 Å². The van der Waals surface area contributed by atoms with E-state index in [0.717, 1.165) is 36.0 Å². The number of aliphatic imine (C=N–C) groups is 1. The van der Waals surface area contributed by atoms with Crippen LogP contribution in [0.15, 0.2) is 41.5 Å². The highest BCUT2D eigenvalue weighted by Gasteiger charge is 2.00. The Bertz CT molecular complexity index is 565. The zero-order valence-electron chi connectivity index (χ0n) is 11.1. The average molecular weight is 257 g/mol. The summed E-state index contributed by atoms with van der Waals surface area (Å²) >= 11 is 0. The molecule has 1 heterocycles. The molecule has 4 N–H and O–H groups in total. The summed E-state index contributed by atoms with van der Waals surface area (Å²) in [5.41, 5.74) is 4.41. The van der Waals surface area contributed by atoms with Crippen LogP contribution in [0.3, 0.4) is 0 Å². The van der Waals surface area contributed by atoms with Gasteiger partial charge in [-0.15, -0.1) is 0 Å². The van der Waals surface area contributed by atoms with Gasteiger partial charge in [-0.2, -0.15) is 0 Å². The maximum atomic E-state index is 5.45. The summed E-state index contributed by atoms with van der Waals surface area (Å²) in [6.45, 7) is 2.88. The van der Waals surface area contributed by atoms with Gasteiger partial charge < -0.3 is 5.32 Å². The smallest absolute Gasteiger partial charge is 0.210 e. The Balaban J connectivity index is 2.13. The third-order valence-electron chi connectivity index (χ3n) is 2.77. The predicted octanol–water partition coefficient (Wildman–Crippen LogP) is 2.27. The number of anilines is 1. The number of fused-ring (bicyclic) bond motifs is 1. The molecular weight excluding hydrogens is 238 g/mol. The van der Waals surface area contributed by atoms with E-state index in [-0.39, 0.29) is 0 Å². The molecule has 0 bridgehead atoms. The number of nitrogens with two attached hydrogens (primary N) is 1. The third-order valence-corrected chi connectivity index (χ3v) is 2.77. The Morgan fingerprint density at radius 2 is 2.21 bits per heavy atom. The van der Waals surface area contributed by atoms with Crippen LogP contribution in [-0.2, 0) is 0 Å². The third kappa shape index (κ3) is 3.66. The van der Waals surface area contributed by atoms with Gasteiger partial charge in [-0.05, 0) is 18.6 Å². The van der Waals surface area contributed by atoms with Gasteiger partial charge >= 0.3 is 0 Å².